The number of ether oxygens (including phenoxy) is 4. The minimum absolute atomic E-state index is 0.0662. The molecule has 3 atom stereocenters. The smallest absolute Gasteiger partial charge is 0.482 e. The lowest BCUT2D eigenvalue weighted by atomic mass is 9.85. The first-order valence-corrected chi connectivity index (χ1v) is 16.0. The molecule has 20 heteroatoms. The Bertz CT molecular complexity index is 1750. The summed E-state index contributed by atoms with van der Waals surface area (Å²) < 4.78 is 64.2. The number of aromatic nitrogens is 1. The average Bonchev–Trinajstić information content (AvgIpc) is 3.41. The Kier molecular flexibility index (Phi) is 10.0. The second-order valence-electron chi connectivity index (χ2n) is 11.1. The van der Waals surface area contributed by atoms with Gasteiger partial charge in [-0.25, -0.2) is 18.1 Å². The summed E-state index contributed by atoms with van der Waals surface area (Å²) in [5, 5.41) is 6.46. The number of oxime groups is 1. The van der Waals surface area contributed by atoms with Gasteiger partial charge >= 0.3 is 14.0 Å². The number of halogens is 2. The number of carbonyl (C=O) groups is 3. The number of hydrogen-bond donors (Lipinski definition) is 3. The Labute approximate surface area is 270 Å². The molecule has 3 N–H and O–H groups in total. The topological polar surface area (TPSA) is 214 Å². The third-order valence-electron chi connectivity index (χ3n) is 8.14. The van der Waals surface area contributed by atoms with Crippen molar-refractivity contribution in [1.29, 1.82) is 0 Å². The van der Waals surface area contributed by atoms with Crippen LogP contribution in [-0.4, -0.2) is 88.4 Å². The maximum atomic E-state index is 14.3. The van der Waals surface area contributed by atoms with Gasteiger partial charge in [-0.2, -0.15) is 0 Å². The molecule has 1 aromatic heterocycles. The molecule has 5 rings (SSSR count). The maximum Gasteiger partial charge on any atom is 0.511 e. The lowest BCUT2D eigenvalue weighted by Crippen LogP contribution is -2.52. The number of pyridine rings is 1. The van der Waals surface area contributed by atoms with Crippen molar-refractivity contribution in [3.63, 3.8) is 0 Å². The van der Waals surface area contributed by atoms with Gasteiger partial charge < -0.3 is 48.4 Å². The molecule has 17 nitrogen and oxygen atoms in total. The van der Waals surface area contributed by atoms with Crippen LogP contribution in [0.4, 0.5) is 13.6 Å². The Morgan fingerprint density at radius 3 is 2.67 bits per heavy atom. The maximum absolute atomic E-state index is 14.3. The van der Waals surface area contributed by atoms with E-state index in [9.17, 15) is 32.5 Å². The zero-order valence-electron chi connectivity index (χ0n) is 25.6. The summed E-state index contributed by atoms with van der Waals surface area (Å²) >= 11 is 0. The molecule has 1 saturated heterocycles. The average molecular weight is 701 g/mol. The monoisotopic (exact) mass is 700 g/mol. The highest BCUT2D eigenvalue weighted by atomic mass is 31.2. The van der Waals surface area contributed by atoms with Crippen LogP contribution >= 0.6 is 7.82 Å². The van der Waals surface area contributed by atoms with Gasteiger partial charge in [-0.15, -0.1) is 0 Å². The minimum Gasteiger partial charge on any atom is -0.482 e. The third kappa shape index (κ3) is 7.28. The first-order chi connectivity index (χ1) is 22.7. The van der Waals surface area contributed by atoms with Crippen molar-refractivity contribution in [3.8, 4) is 5.75 Å². The number of benzene rings is 1. The van der Waals surface area contributed by atoms with E-state index in [1.165, 1.54) is 22.8 Å². The number of methoxy groups -OCH3 is 1. The Balaban J connectivity index is 1.48. The van der Waals surface area contributed by atoms with Crippen LogP contribution in [0.5, 0.6) is 5.75 Å². The van der Waals surface area contributed by atoms with Crippen LogP contribution in [0.3, 0.4) is 0 Å². The molecular formula is C28H31F2N4O13P. The third-order valence-corrected chi connectivity index (χ3v) is 8.66. The van der Waals surface area contributed by atoms with Crippen molar-refractivity contribution in [3.05, 3.63) is 63.1 Å². The Morgan fingerprint density at radius 2 is 1.98 bits per heavy atom. The number of nitrogens with one attached hydrogen (secondary N) is 1. The van der Waals surface area contributed by atoms with E-state index >= 15 is 0 Å². The second-order valence-corrected chi connectivity index (χ2v) is 12.3. The molecule has 4 heterocycles. The van der Waals surface area contributed by atoms with Crippen LogP contribution in [0.2, 0.25) is 0 Å². The molecule has 1 spiro atoms. The minimum atomic E-state index is -4.80. The number of hydrogen-bond acceptors (Lipinski definition) is 12. The van der Waals surface area contributed by atoms with E-state index in [1.807, 2.05) is 6.92 Å². The molecule has 2 amide bonds. The standard InChI is InChI=1S/C28H31F2N4O13P/c1-15-5-6-28(10-21(42-2)32-47-28)20-13-33(15)26(37)22-24(44-14-45-27(38)43-7-8-46-48(39,40)41)23(35)18(12-34(20)22)25(36)31-11-16-3-4-17(29)9-19(16)30/h3-4,9,12,15,20H,5-8,10-11,13-14H2,1-2H3,(H,31,36)(H2,39,40,41)/t15-,20+,28-/m0/s1. The van der Waals surface area contributed by atoms with Crippen LogP contribution in [0.1, 0.15) is 58.6 Å². The van der Waals surface area contributed by atoms with Crippen LogP contribution in [0.25, 0.3) is 0 Å². The lowest BCUT2D eigenvalue weighted by Gasteiger charge is -2.42. The summed E-state index contributed by atoms with van der Waals surface area (Å²) in [4.78, 5) is 78.0. The lowest BCUT2D eigenvalue weighted by molar-refractivity contribution is -0.0658. The predicted molar refractivity (Wildman–Crippen MR) is 156 cm³/mol. The molecule has 48 heavy (non-hydrogen) atoms. The molecule has 3 aliphatic rings. The fourth-order valence-corrected chi connectivity index (χ4v) is 6.02. The normalized spacial score (nSPS) is 21.5. The van der Waals surface area contributed by atoms with E-state index in [-0.39, 0.29) is 30.3 Å². The number of amides is 2. The fourth-order valence-electron chi connectivity index (χ4n) is 5.71. The van der Waals surface area contributed by atoms with Gasteiger partial charge in [0.2, 0.25) is 23.9 Å². The summed E-state index contributed by atoms with van der Waals surface area (Å²) in [6.45, 7) is -0.749. The van der Waals surface area contributed by atoms with E-state index in [4.69, 9.17) is 28.8 Å². The van der Waals surface area contributed by atoms with Gasteiger partial charge in [-0.05, 0) is 25.8 Å². The van der Waals surface area contributed by atoms with Gasteiger partial charge in [0.05, 0.1) is 26.2 Å². The zero-order chi connectivity index (χ0) is 34.8. The number of phosphoric acid groups is 1. The van der Waals surface area contributed by atoms with E-state index in [1.54, 1.807) is 0 Å². The zero-order valence-corrected chi connectivity index (χ0v) is 26.4. The molecule has 3 aliphatic heterocycles. The highest BCUT2D eigenvalue weighted by Crippen LogP contribution is 2.46. The van der Waals surface area contributed by atoms with Gasteiger partial charge in [0.25, 0.3) is 11.8 Å². The van der Waals surface area contributed by atoms with Crippen LogP contribution in [0.15, 0.2) is 34.3 Å². The summed E-state index contributed by atoms with van der Waals surface area (Å²) in [6.07, 6.45) is 0.904. The number of phosphoric ester groups is 1. The molecular weight excluding hydrogens is 669 g/mol. The van der Waals surface area contributed by atoms with Crippen molar-refractivity contribution in [1.82, 2.24) is 14.8 Å². The molecule has 260 valence electrons. The van der Waals surface area contributed by atoms with Crippen molar-refractivity contribution in [2.45, 2.75) is 50.4 Å². The van der Waals surface area contributed by atoms with Gasteiger partial charge in [-0.1, -0.05) is 11.2 Å². The molecule has 1 fully saturated rings. The summed E-state index contributed by atoms with van der Waals surface area (Å²) in [6, 6.07) is 1.72. The number of rotatable bonds is 10. The van der Waals surface area contributed by atoms with Crippen molar-refractivity contribution < 1.29 is 65.8 Å². The SMILES string of the molecule is COC1=NO[C@@]2(CC[C@H](C)N3C[C@H]2n2cc(C(=O)NCc4ccc(F)cc4F)c(=O)c(OCOC(=O)OCCOP(=O)(O)O)c2C3=O)C1. The molecule has 0 aliphatic carbocycles. The van der Waals surface area contributed by atoms with E-state index in [0.29, 0.717) is 24.8 Å². The molecule has 2 aromatic rings. The van der Waals surface area contributed by atoms with Crippen molar-refractivity contribution in [2.24, 2.45) is 5.16 Å². The summed E-state index contributed by atoms with van der Waals surface area (Å²) in [5.41, 5.74) is -2.98. The second kappa shape index (κ2) is 13.9. The molecule has 2 bridgehead atoms. The quantitative estimate of drug-likeness (QED) is 0.140. The highest BCUT2D eigenvalue weighted by molar-refractivity contribution is 7.46. The van der Waals surface area contributed by atoms with Crippen molar-refractivity contribution in [2.75, 3.05) is 33.7 Å². The van der Waals surface area contributed by atoms with Gasteiger partial charge in [0.1, 0.15) is 23.8 Å². The van der Waals surface area contributed by atoms with Crippen LogP contribution < -0.4 is 15.5 Å². The molecule has 0 radical (unpaired) electrons. The van der Waals surface area contributed by atoms with Crippen molar-refractivity contribution >= 4 is 31.7 Å². The van der Waals surface area contributed by atoms with Gasteiger partial charge in [0, 0.05) is 37.0 Å². The molecule has 0 unspecified atom stereocenters. The van der Waals surface area contributed by atoms with E-state index < -0.39 is 92.4 Å². The summed E-state index contributed by atoms with van der Waals surface area (Å²) in [5.74, 6) is -3.70. The fraction of sp³-hybridized carbons (Fsp3) is 0.464. The van der Waals surface area contributed by atoms with Crippen LogP contribution in [0, 0.1) is 11.6 Å². The highest BCUT2D eigenvalue weighted by Gasteiger charge is 2.55. The Morgan fingerprint density at radius 1 is 1.21 bits per heavy atom. The van der Waals surface area contributed by atoms with Gasteiger partial charge in [-0.3, -0.25) is 18.9 Å². The number of nitrogens with zero attached hydrogens (tertiary/aromatic N) is 3. The molecule has 1 aromatic carbocycles. The number of fused-ring (bicyclic) bond motifs is 5. The van der Waals surface area contributed by atoms with E-state index in [2.05, 4.69) is 19.7 Å². The first kappa shape index (κ1) is 34.7. The Hall–Kier alpha value is -4.58. The summed E-state index contributed by atoms with van der Waals surface area (Å²) in [7, 11) is -3.37. The largest absolute Gasteiger partial charge is 0.511 e. The van der Waals surface area contributed by atoms with Gasteiger partial charge in [0.15, 0.2) is 11.3 Å². The first-order valence-electron chi connectivity index (χ1n) is 14.5. The van der Waals surface area contributed by atoms with Crippen LogP contribution in [-0.2, 0) is 34.7 Å². The van der Waals surface area contributed by atoms with E-state index in [0.717, 1.165) is 12.1 Å². The molecule has 0 saturated carbocycles. The predicted octanol–water partition coefficient (Wildman–Crippen LogP) is 1.95. The number of carbonyl (C=O) groups excluding carboxylic acids is 3.